The van der Waals surface area contributed by atoms with Crippen LogP contribution in [0.2, 0.25) is 0 Å². The van der Waals surface area contributed by atoms with Crippen LogP contribution in [0, 0.1) is 0 Å². The van der Waals surface area contributed by atoms with Gasteiger partial charge in [0.05, 0.1) is 13.2 Å². The first-order chi connectivity index (χ1) is 6.40. The van der Waals surface area contributed by atoms with Crippen molar-refractivity contribution >= 4 is 0 Å². The number of nitrogens with one attached hydrogen (secondary N) is 1. The molecule has 0 aliphatic carbocycles. The molecule has 0 bridgehead atoms. The van der Waals surface area contributed by atoms with E-state index >= 15 is 0 Å². The minimum atomic E-state index is 0.220. The van der Waals surface area contributed by atoms with Crippen molar-refractivity contribution in [3.05, 3.63) is 5.82 Å². The third-order valence-electron chi connectivity index (χ3n) is 2.44. The van der Waals surface area contributed by atoms with Crippen LogP contribution in [0.1, 0.15) is 18.7 Å². The molecule has 6 heteroatoms. The molecular weight excluding hydrogens is 170 g/mol. The molecule has 1 atom stereocenters. The number of hydrogen-bond donors (Lipinski definition) is 2. The van der Waals surface area contributed by atoms with Crippen LogP contribution < -0.4 is 0 Å². The van der Waals surface area contributed by atoms with Gasteiger partial charge in [-0.2, -0.15) is 5.21 Å². The fourth-order valence-corrected chi connectivity index (χ4v) is 1.74. The second-order valence-electron chi connectivity index (χ2n) is 3.28. The third kappa shape index (κ3) is 1.84. The first-order valence-electron chi connectivity index (χ1n) is 4.47. The highest BCUT2D eigenvalue weighted by Gasteiger charge is 2.24. The minimum Gasteiger partial charge on any atom is -0.395 e. The van der Waals surface area contributed by atoms with Gasteiger partial charge in [0.15, 0.2) is 5.82 Å². The van der Waals surface area contributed by atoms with Gasteiger partial charge in [-0.25, -0.2) is 0 Å². The van der Waals surface area contributed by atoms with Crippen LogP contribution in [0.3, 0.4) is 0 Å². The molecule has 2 rings (SSSR count). The molecule has 1 aromatic heterocycles. The highest BCUT2D eigenvalue weighted by atomic mass is 16.3. The molecule has 0 aromatic carbocycles. The van der Waals surface area contributed by atoms with Crippen molar-refractivity contribution in [2.45, 2.75) is 25.4 Å². The zero-order valence-electron chi connectivity index (χ0n) is 7.35. The van der Waals surface area contributed by atoms with E-state index in [9.17, 15) is 0 Å². The Morgan fingerprint density at radius 2 is 2.54 bits per heavy atom. The summed E-state index contributed by atoms with van der Waals surface area (Å²) in [6.07, 6.45) is 2.21. The highest BCUT2D eigenvalue weighted by molar-refractivity contribution is 4.84. The maximum Gasteiger partial charge on any atom is 0.188 e. The number of hydrogen-bond acceptors (Lipinski definition) is 5. The number of aliphatic hydroxyl groups is 1. The summed E-state index contributed by atoms with van der Waals surface area (Å²) in [5, 5.41) is 22.7. The lowest BCUT2D eigenvalue weighted by Gasteiger charge is -2.20. The van der Waals surface area contributed by atoms with Gasteiger partial charge in [0.2, 0.25) is 0 Å². The van der Waals surface area contributed by atoms with Crippen LogP contribution in [0.15, 0.2) is 0 Å². The Kier molecular flexibility index (Phi) is 2.51. The summed E-state index contributed by atoms with van der Waals surface area (Å²) >= 11 is 0. The van der Waals surface area contributed by atoms with E-state index in [4.69, 9.17) is 5.11 Å². The Morgan fingerprint density at radius 3 is 3.23 bits per heavy atom. The molecule has 0 spiro atoms. The maximum absolute atomic E-state index is 9.06. The Morgan fingerprint density at radius 1 is 1.62 bits per heavy atom. The van der Waals surface area contributed by atoms with Gasteiger partial charge in [-0.3, -0.25) is 4.90 Å². The van der Waals surface area contributed by atoms with Gasteiger partial charge < -0.3 is 5.11 Å². The smallest absolute Gasteiger partial charge is 0.188 e. The number of rotatable bonds is 3. The van der Waals surface area contributed by atoms with Gasteiger partial charge in [-0.05, 0) is 19.4 Å². The molecule has 1 aliphatic heterocycles. The molecule has 6 nitrogen and oxygen atoms in total. The second kappa shape index (κ2) is 3.80. The fourth-order valence-electron chi connectivity index (χ4n) is 1.74. The molecule has 0 saturated carbocycles. The average Bonchev–Trinajstić information content (AvgIpc) is 2.76. The van der Waals surface area contributed by atoms with Crippen molar-refractivity contribution in [1.29, 1.82) is 0 Å². The van der Waals surface area contributed by atoms with Gasteiger partial charge in [-0.15, -0.1) is 10.2 Å². The molecule has 72 valence electrons. The maximum atomic E-state index is 9.06. The van der Waals surface area contributed by atoms with Gasteiger partial charge >= 0.3 is 0 Å². The molecule has 1 fully saturated rings. The molecule has 13 heavy (non-hydrogen) atoms. The Labute approximate surface area is 75.9 Å². The minimum absolute atomic E-state index is 0.220. The van der Waals surface area contributed by atoms with Crippen molar-refractivity contribution in [3.8, 4) is 0 Å². The molecule has 1 aromatic rings. The quantitative estimate of drug-likeness (QED) is 0.638. The molecule has 2 N–H and O–H groups in total. The number of likely N-dealkylation sites (tertiary alicyclic amines) is 1. The zero-order chi connectivity index (χ0) is 9.10. The number of aromatic amines is 1. The molecule has 0 unspecified atom stereocenters. The van der Waals surface area contributed by atoms with E-state index in [2.05, 4.69) is 25.5 Å². The number of nitrogens with zero attached hydrogens (tertiary/aromatic N) is 4. The number of tetrazole rings is 1. The van der Waals surface area contributed by atoms with Gasteiger partial charge in [0, 0.05) is 6.04 Å². The zero-order valence-corrected chi connectivity index (χ0v) is 7.35. The fraction of sp³-hybridized carbons (Fsp3) is 0.857. The van der Waals surface area contributed by atoms with Crippen molar-refractivity contribution in [1.82, 2.24) is 25.5 Å². The van der Waals surface area contributed by atoms with Crippen molar-refractivity contribution < 1.29 is 5.11 Å². The summed E-state index contributed by atoms with van der Waals surface area (Å²) < 4.78 is 0. The first kappa shape index (κ1) is 8.58. The van der Waals surface area contributed by atoms with Crippen LogP contribution >= 0.6 is 0 Å². The summed E-state index contributed by atoms with van der Waals surface area (Å²) in [4.78, 5) is 2.19. The predicted octanol–water partition coefficient (Wildman–Crippen LogP) is -0.844. The lowest BCUT2D eigenvalue weighted by Crippen LogP contribution is -2.32. The third-order valence-corrected chi connectivity index (χ3v) is 2.44. The predicted molar refractivity (Wildman–Crippen MR) is 44.7 cm³/mol. The molecule has 2 heterocycles. The molecule has 1 saturated heterocycles. The summed E-state index contributed by atoms with van der Waals surface area (Å²) in [5.41, 5.74) is 0. The van der Waals surface area contributed by atoms with Crippen LogP contribution in [0.4, 0.5) is 0 Å². The van der Waals surface area contributed by atoms with Crippen molar-refractivity contribution in [2.75, 3.05) is 13.2 Å². The molecule has 1 aliphatic rings. The lowest BCUT2D eigenvalue weighted by atomic mass is 10.2. The topological polar surface area (TPSA) is 77.9 Å². The van der Waals surface area contributed by atoms with Crippen LogP contribution in [0.25, 0.3) is 0 Å². The largest absolute Gasteiger partial charge is 0.395 e. The summed E-state index contributed by atoms with van der Waals surface area (Å²) in [5.74, 6) is 0.695. The summed E-state index contributed by atoms with van der Waals surface area (Å²) in [6, 6.07) is 0.276. The van der Waals surface area contributed by atoms with E-state index in [1.54, 1.807) is 0 Å². The number of aliphatic hydroxyl groups excluding tert-OH is 1. The van der Waals surface area contributed by atoms with Gasteiger partial charge in [0.25, 0.3) is 0 Å². The van der Waals surface area contributed by atoms with Gasteiger partial charge in [-0.1, -0.05) is 5.21 Å². The summed E-state index contributed by atoms with van der Waals surface area (Å²) in [6.45, 7) is 1.92. The van der Waals surface area contributed by atoms with E-state index < -0.39 is 0 Å². The monoisotopic (exact) mass is 183 g/mol. The van der Waals surface area contributed by atoms with Gasteiger partial charge in [0.1, 0.15) is 0 Å². The van der Waals surface area contributed by atoms with Crippen LogP contribution in [-0.4, -0.2) is 49.8 Å². The SMILES string of the molecule is OC[C@H]1CCCN1Cc1nn[nH]n1. The van der Waals surface area contributed by atoms with E-state index in [1.165, 1.54) is 0 Å². The van der Waals surface area contributed by atoms with Crippen LogP contribution in [0.5, 0.6) is 0 Å². The lowest BCUT2D eigenvalue weighted by molar-refractivity contribution is 0.151. The van der Waals surface area contributed by atoms with E-state index in [0.29, 0.717) is 12.4 Å². The summed E-state index contributed by atoms with van der Waals surface area (Å²) in [7, 11) is 0. The molecular formula is C7H13N5O. The van der Waals surface area contributed by atoms with Crippen molar-refractivity contribution in [2.24, 2.45) is 0 Å². The van der Waals surface area contributed by atoms with Crippen LogP contribution in [-0.2, 0) is 6.54 Å². The number of H-pyrrole nitrogens is 1. The first-order valence-corrected chi connectivity index (χ1v) is 4.47. The van der Waals surface area contributed by atoms with Crippen molar-refractivity contribution in [3.63, 3.8) is 0 Å². The molecule has 0 amide bonds. The number of aromatic nitrogens is 4. The van der Waals surface area contributed by atoms with E-state index in [1.807, 2.05) is 0 Å². The standard InChI is InChI=1S/C7H13N5O/c13-5-6-2-1-3-12(6)4-7-8-10-11-9-7/h6,13H,1-5H2,(H,8,9,10,11)/t6-/m1/s1. The normalized spacial score (nSPS) is 23.9. The second-order valence-corrected chi connectivity index (χ2v) is 3.28. The Balaban J connectivity index is 1.94. The average molecular weight is 183 g/mol. The van der Waals surface area contributed by atoms with E-state index in [-0.39, 0.29) is 12.6 Å². The highest BCUT2D eigenvalue weighted by Crippen LogP contribution is 2.17. The molecule has 0 radical (unpaired) electrons. The Bertz CT molecular complexity index is 249. The van der Waals surface area contributed by atoms with E-state index in [0.717, 1.165) is 19.4 Å². The Hall–Kier alpha value is -1.01.